The Balaban J connectivity index is 1.73. The minimum Gasteiger partial charge on any atom is -0.488 e. The maximum Gasteiger partial charge on any atom is 0.257 e. The molecule has 0 aromatic heterocycles. The third-order valence-corrected chi connectivity index (χ3v) is 4.89. The molecule has 0 aliphatic carbocycles. The molecule has 0 spiro atoms. The third kappa shape index (κ3) is 4.46. The van der Waals surface area contributed by atoms with Gasteiger partial charge in [0.05, 0.1) is 5.56 Å². The predicted molar refractivity (Wildman–Crippen MR) is 101 cm³/mol. The van der Waals surface area contributed by atoms with Gasteiger partial charge in [-0.2, -0.15) is 0 Å². The number of benzene rings is 2. The highest BCUT2D eigenvalue weighted by Gasteiger charge is 2.22. The third-order valence-electron chi connectivity index (χ3n) is 4.31. The van der Waals surface area contributed by atoms with Crippen LogP contribution in [0.2, 0.25) is 10.0 Å². The largest absolute Gasteiger partial charge is 0.488 e. The lowest BCUT2D eigenvalue weighted by molar-refractivity contribution is 0.0659. The molecule has 1 saturated heterocycles. The highest BCUT2D eigenvalue weighted by molar-refractivity contribution is 6.35. The molecular formula is C19H20Cl2N2O2. The first-order valence-electron chi connectivity index (χ1n) is 8.18. The summed E-state index contributed by atoms with van der Waals surface area (Å²) < 4.78 is 5.89. The molecule has 25 heavy (non-hydrogen) atoms. The van der Waals surface area contributed by atoms with Gasteiger partial charge >= 0.3 is 0 Å². The maximum atomic E-state index is 12.8. The summed E-state index contributed by atoms with van der Waals surface area (Å²) in [5.41, 5.74) is 1.41. The van der Waals surface area contributed by atoms with Crippen molar-refractivity contribution in [1.82, 2.24) is 9.80 Å². The highest BCUT2D eigenvalue weighted by Crippen LogP contribution is 2.25. The van der Waals surface area contributed by atoms with Crippen molar-refractivity contribution in [3.05, 3.63) is 63.6 Å². The Labute approximate surface area is 157 Å². The molecule has 132 valence electrons. The van der Waals surface area contributed by atoms with E-state index in [1.807, 2.05) is 29.2 Å². The van der Waals surface area contributed by atoms with Gasteiger partial charge in [-0.05, 0) is 31.3 Å². The Bertz CT molecular complexity index is 759. The standard InChI is InChI=1S/C19H20Cl2N2O2/c1-22-8-10-23(11-9-22)19(24)16-4-2-3-5-18(16)25-13-14-6-7-15(20)12-17(14)21/h2-7,12H,8-11,13H2,1H3. The molecular weight excluding hydrogens is 359 g/mol. The zero-order valence-electron chi connectivity index (χ0n) is 14.0. The van der Waals surface area contributed by atoms with Gasteiger partial charge in [-0.15, -0.1) is 0 Å². The smallest absolute Gasteiger partial charge is 0.257 e. The zero-order valence-corrected chi connectivity index (χ0v) is 15.6. The van der Waals surface area contributed by atoms with Crippen molar-refractivity contribution in [2.45, 2.75) is 6.61 Å². The number of halogens is 2. The first-order chi connectivity index (χ1) is 12.0. The molecule has 1 aliphatic rings. The Hall–Kier alpha value is -1.75. The molecule has 0 bridgehead atoms. The van der Waals surface area contributed by atoms with Crippen LogP contribution in [0, 0.1) is 0 Å². The number of rotatable bonds is 4. The summed E-state index contributed by atoms with van der Waals surface area (Å²) in [6, 6.07) is 12.6. The van der Waals surface area contributed by atoms with Gasteiger partial charge in [0.1, 0.15) is 12.4 Å². The molecule has 1 amide bonds. The first kappa shape index (κ1) is 18.1. The van der Waals surface area contributed by atoms with Crippen LogP contribution >= 0.6 is 23.2 Å². The van der Waals surface area contributed by atoms with Gasteiger partial charge in [0.2, 0.25) is 0 Å². The summed E-state index contributed by atoms with van der Waals surface area (Å²) in [6.45, 7) is 3.51. The van der Waals surface area contributed by atoms with Gasteiger partial charge < -0.3 is 14.5 Å². The van der Waals surface area contributed by atoms with Crippen molar-refractivity contribution in [2.75, 3.05) is 33.2 Å². The van der Waals surface area contributed by atoms with Gasteiger partial charge in [-0.3, -0.25) is 4.79 Å². The highest BCUT2D eigenvalue weighted by atomic mass is 35.5. The lowest BCUT2D eigenvalue weighted by Gasteiger charge is -2.32. The summed E-state index contributed by atoms with van der Waals surface area (Å²) in [7, 11) is 2.06. The molecule has 2 aromatic rings. The van der Waals surface area contributed by atoms with Gasteiger partial charge in [-0.1, -0.05) is 41.4 Å². The second-order valence-corrected chi connectivity index (χ2v) is 6.96. The summed E-state index contributed by atoms with van der Waals surface area (Å²) in [5.74, 6) is 0.573. The summed E-state index contributed by atoms with van der Waals surface area (Å²) >= 11 is 12.1. The topological polar surface area (TPSA) is 32.8 Å². The van der Waals surface area contributed by atoms with Gasteiger partial charge in [0.25, 0.3) is 5.91 Å². The van der Waals surface area contributed by atoms with E-state index in [9.17, 15) is 4.79 Å². The summed E-state index contributed by atoms with van der Waals surface area (Å²) in [6.07, 6.45) is 0. The number of nitrogens with zero attached hydrogens (tertiary/aromatic N) is 2. The fraction of sp³-hybridized carbons (Fsp3) is 0.316. The van der Waals surface area contributed by atoms with Crippen LogP contribution in [0.3, 0.4) is 0 Å². The monoisotopic (exact) mass is 378 g/mol. The minimum absolute atomic E-state index is 0.00547. The van der Waals surface area contributed by atoms with E-state index in [1.54, 1.807) is 18.2 Å². The van der Waals surface area contributed by atoms with E-state index in [0.717, 1.165) is 31.7 Å². The Morgan fingerprint density at radius 3 is 2.52 bits per heavy atom. The SMILES string of the molecule is CN1CCN(C(=O)c2ccccc2OCc2ccc(Cl)cc2Cl)CC1. The van der Waals surface area contributed by atoms with E-state index in [4.69, 9.17) is 27.9 Å². The number of piperazine rings is 1. The molecule has 0 radical (unpaired) electrons. The Morgan fingerprint density at radius 1 is 1.08 bits per heavy atom. The number of ether oxygens (including phenoxy) is 1. The molecule has 6 heteroatoms. The first-order valence-corrected chi connectivity index (χ1v) is 8.94. The van der Waals surface area contributed by atoms with E-state index in [2.05, 4.69) is 11.9 Å². The van der Waals surface area contributed by atoms with E-state index < -0.39 is 0 Å². The fourth-order valence-corrected chi connectivity index (χ4v) is 3.21. The van der Waals surface area contributed by atoms with E-state index in [0.29, 0.717) is 21.4 Å². The quantitative estimate of drug-likeness (QED) is 0.806. The van der Waals surface area contributed by atoms with Crippen LogP contribution in [-0.2, 0) is 6.61 Å². The molecule has 1 heterocycles. The number of likely N-dealkylation sites (N-methyl/N-ethyl adjacent to an activating group) is 1. The number of amides is 1. The van der Waals surface area contributed by atoms with Crippen molar-refractivity contribution in [2.24, 2.45) is 0 Å². The van der Waals surface area contributed by atoms with Crippen LogP contribution < -0.4 is 4.74 Å². The number of carbonyl (C=O) groups excluding carboxylic acids is 1. The second kappa shape index (κ2) is 8.09. The van der Waals surface area contributed by atoms with E-state index >= 15 is 0 Å². The van der Waals surface area contributed by atoms with Gasteiger partial charge in [0.15, 0.2) is 0 Å². The van der Waals surface area contributed by atoms with Crippen LogP contribution in [0.15, 0.2) is 42.5 Å². The zero-order chi connectivity index (χ0) is 17.8. The van der Waals surface area contributed by atoms with Crippen LogP contribution in [0.25, 0.3) is 0 Å². The lowest BCUT2D eigenvalue weighted by Crippen LogP contribution is -2.47. The van der Waals surface area contributed by atoms with Gasteiger partial charge in [-0.25, -0.2) is 0 Å². The normalized spacial score (nSPS) is 15.2. The van der Waals surface area contributed by atoms with E-state index in [1.165, 1.54) is 0 Å². The molecule has 0 unspecified atom stereocenters. The molecule has 4 nitrogen and oxygen atoms in total. The number of hydrogen-bond donors (Lipinski definition) is 0. The van der Waals surface area contributed by atoms with Crippen LogP contribution in [0.4, 0.5) is 0 Å². The number of carbonyl (C=O) groups is 1. The Morgan fingerprint density at radius 2 is 1.80 bits per heavy atom. The summed E-state index contributed by atoms with van der Waals surface area (Å²) in [5, 5.41) is 1.13. The predicted octanol–water partition coefficient (Wildman–Crippen LogP) is 3.96. The molecule has 0 atom stereocenters. The average molecular weight is 379 g/mol. The molecule has 3 rings (SSSR count). The number of para-hydroxylation sites is 1. The molecule has 2 aromatic carbocycles. The second-order valence-electron chi connectivity index (χ2n) is 6.12. The fourth-order valence-electron chi connectivity index (χ4n) is 2.74. The molecule has 1 aliphatic heterocycles. The summed E-state index contributed by atoms with van der Waals surface area (Å²) in [4.78, 5) is 16.9. The van der Waals surface area contributed by atoms with E-state index in [-0.39, 0.29) is 12.5 Å². The average Bonchev–Trinajstić information content (AvgIpc) is 2.61. The minimum atomic E-state index is 0.00547. The van der Waals surface area contributed by atoms with Crippen molar-refractivity contribution in [3.8, 4) is 5.75 Å². The van der Waals surface area contributed by atoms with Gasteiger partial charge in [0, 0.05) is 41.8 Å². The maximum absolute atomic E-state index is 12.8. The molecule has 0 saturated carbocycles. The molecule has 0 N–H and O–H groups in total. The van der Waals surface area contributed by atoms with Crippen molar-refractivity contribution >= 4 is 29.1 Å². The van der Waals surface area contributed by atoms with Crippen molar-refractivity contribution in [3.63, 3.8) is 0 Å². The molecule has 1 fully saturated rings. The Kier molecular flexibility index (Phi) is 5.84. The number of hydrogen-bond acceptors (Lipinski definition) is 3. The van der Waals surface area contributed by atoms with Crippen LogP contribution in [-0.4, -0.2) is 48.9 Å². The lowest BCUT2D eigenvalue weighted by atomic mass is 10.1. The van der Waals surface area contributed by atoms with Crippen molar-refractivity contribution in [1.29, 1.82) is 0 Å². The van der Waals surface area contributed by atoms with Crippen LogP contribution in [0.1, 0.15) is 15.9 Å². The van der Waals surface area contributed by atoms with Crippen LogP contribution in [0.5, 0.6) is 5.75 Å². The van der Waals surface area contributed by atoms with Crippen molar-refractivity contribution < 1.29 is 9.53 Å².